The fourth-order valence-electron chi connectivity index (χ4n) is 3.09. The molecule has 1 aliphatic rings. The molecule has 128 valence electrons. The first-order valence-corrected chi connectivity index (χ1v) is 8.75. The zero-order valence-electron chi connectivity index (χ0n) is 14.5. The molecule has 1 fully saturated rings. The summed E-state index contributed by atoms with van der Waals surface area (Å²) in [5.41, 5.74) is 0.727. The van der Waals surface area contributed by atoms with Crippen LogP contribution in [-0.4, -0.2) is 74.0 Å². The molecule has 0 radical (unpaired) electrons. The summed E-state index contributed by atoms with van der Waals surface area (Å²) < 4.78 is 0. The molecule has 0 bridgehead atoms. The van der Waals surface area contributed by atoms with Gasteiger partial charge in [0.1, 0.15) is 0 Å². The lowest BCUT2D eigenvalue weighted by molar-refractivity contribution is 0.0607. The van der Waals surface area contributed by atoms with Crippen molar-refractivity contribution in [2.24, 2.45) is 0 Å². The largest absolute Gasteiger partial charge is 0.337 e. The molecule has 0 N–H and O–H groups in total. The van der Waals surface area contributed by atoms with Crippen molar-refractivity contribution in [1.29, 1.82) is 0 Å². The van der Waals surface area contributed by atoms with Crippen LogP contribution in [-0.2, 0) is 0 Å². The van der Waals surface area contributed by atoms with Gasteiger partial charge in [-0.3, -0.25) is 4.79 Å². The number of nitrogens with zero attached hydrogens (tertiary/aromatic N) is 3. The van der Waals surface area contributed by atoms with Gasteiger partial charge >= 0.3 is 0 Å². The van der Waals surface area contributed by atoms with Gasteiger partial charge in [0.05, 0.1) is 0 Å². The van der Waals surface area contributed by atoms with Gasteiger partial charge in [0.2, 0.25) is 0 Å². The number of benzene rings is 1. The van der Waals surface area contributed by atoms with Crippen LogP contribution in [0, 0.1) is 0 Å². The minimum absolute atomic E-state index is 0.119. The Labute approximate surface area is 145 Å². The molecule has 2 rings (SSSR count). The number of likely N-dealkylation sites (N-methyl/N-ethyl adjacent to an activating group) is 1. The van der Waals surface area contributed by atoms with Crippen LogP contribution < -0.4 is 0 Å². The van der Waals surface area contributed by atoms with Crippen molar-refractivity contribution in [3.8, 4) is 0 Å². The molecule has 1 aromatic carbocycles. The lowest BCUT2D eigenvalue weighted by Gasteiger charge is -2.38. The lowest BCUT2D eigenvalue weighted by Crippen LogP contribution is -2.49. The highest BCUT2D eigenvalue weighted by atomic mass is 35.5. The van der Waals surface area contributed by atoms with E-state index < -0.39 is 0 Å². The van der Waals surface area contributed by atoms with Gasteiger partial charge in [0, 0.05) is 29.7 Å². The highest BCUT2D eigenvalue weighted by Gasteiger charge is 2.26. The van der Waals surface area contributed by atoms with Crippen molar-refractivity contribution in [3.63, 3.8) is 0 Å². The predicted octanol–water partition coefficient (Wildman–Crippen LogP) is 2.83. The first-order valence-electron chi connectivity index (χ1n) is 8.37. The van der Waals surface area contributed by atoms with Crippen molar-refractivity contribution in [2.75, 3.05) is 47.3 Å². The maximum Gasteiger partial charge on any atom is 0.253 e. The monoisotopic (exact) mass is 337 g/mol. The quantitative estimate of drug-likeness (QED) is 0.798. The molecule has 0 aliphatic carbocycles. The first kappa shape index (κ1) is 18.2. The molecule has 5 heteroatoms. The van der Waals surface area contributed by atoms with E-state index in [1.54, 1.807) is 12.1 Å². The van der Waals surface area contributed by atoms with E-state index in [9.17, 15) is 4.79 Å². The molecule has 1 heterocycles. The molecule has 1 amide bonds. The molecule has 23 heavy (non-hydrogen) atoms. The Balaban J connectivity index is 1.89. The summed E-state index contributed by atoms with van der Waals surface area (Å²) in [4.78, 5) is 19.2. The van der Waals surface area contributed by atoms with Crippen LogP contribution in [0.25, 0.3) is 0 Å². The Morgan fingerprint density at radius 1 is 1.22 bits per heavy atom. The molecule has 1 aliphatic heterocycles. The molecule has 0 unspecified atom stereocenters. The van der Waals surface area contributed by atoms with Gasteiger partial charge in [-0.2, -0.15) is 0 Å². The minimum Gasteiger partial charge on any atom is -0.337 e. The molecule has 0 spiro atoms. The average Bonchev–Trinajstić information content (AvgIpc) is 2.54. The molecule has 4 nitrogen and oxygen atoms in total. The van der Waals surface area contributed by atoms with E-state index in [4.69, 9.17) is 11.6 Å². The molecule has 1 saturated heterocycles. The van der Waals surface area contributed by atoms with E-state index in [0.29, 0.717) is 11.1 Å². The Kier molecular flexibility index (Phi) is 6.88. The van der Waals surface area contributed by atoms with E-state index in [1.807, 2.05) is 17.0 Å². The fraction of sp³-hybridized carbons (Fsp3) is 0.611. The maximum absolute atomic E-state index is 12.6. The lowest BCUT2D eigenvalue weighted by atomic mass is 10.0. The third-order valence-corrected chi connectivity index (χ3v) is 4.77. The van der Waals surface area contributed by atoms with Gasteiger partial charge in [-0.05, 0) is 77.8 Å². The topological polar surface area (TPSA) is 26.8 Å². The van der Waals surface area contributed by atoms with Gasteiger partial charge in [-0.1, -0.05) is 11.6 Å². The van der Waals surface area contributed by atoms with Crippen molar-refractivity contribution >= 4 is 17.5 Å². The molecule has 1 atom stereocenters. The Morgan fingerprint density at radius 2 is 1.91 bits per heavy atom. The smallest absolute Gasteiger partial charge is 0.253 e. The van der Waals surface area contributed by atoms with Gasteiger partial charge in [0.25, 0.3) is 5.91 Å². The SMILES string of the molecule is CN(C)CCCN(C)[C@@H]1CCCN(C(=O)c2ccc(Cl)cc2)C1. The van der Waals surface area contributed by atoms with Gasteiger partial charge in [0.15, 0.2) is 0 Å². The van der Waals surface area contributed by atoms with Crippen molar-refractivity contribution in [2.45, 2.75) is 25.3 Å². The van der Waals surface area contributed by atoms with Crippen LogP contribution in [0.2, 0.25) is 5.02 Å². The highest BCUT2D eigenvalue weighted by molar-refractivity contribution is 6.30. The zero-order chi connectivity index (χ0) is 16.8. The first-order chi connectivity index (χ1) is 11.0. The number of piperidine rings is 1. The number of carbonyl (C=O) groups excluding carboxylic acids is 1. The minimum atomic E-state index is 0.119. The van der Waals surface area contributed by atoms with Crippen molar-refractivity contribution in [1.82, 2.24) is 14.7 Å². The molecule has 1 aromatic rings. The number of rotatable bonds is 6. The number of amides is 1. The normalized spacial score (nSPS) is 18.7. The van der Waals surface area contributed by atoms with Crippen LogP contribution in [0.3, 0.4) is 0 Å². The molecular weight excluding hydrogens is 310 g/mol. The van der Waals surface area contributed by atoms with E-state index in [-0.39, 0.29) is 5.91 Å². The van der Waals surface area contributed by atoms with Crippen LogP contribution in [0.4, 0.5) is 0 Å². The van der Waals surface area contributed by atoms with Crippen molar-refractivity contribution < 1.29 is 4.79 Å². The molecule has 0 saturated carbocycles. The van der Waals surface area contributed by atoms with Crippen LogP contribution in [0.5, 0.6) is 0 Å². The van der Waals surface area contributed by atoms with Crippen LogP contribution in [0.15, 0.2) is 24.3 Å². The third-order valence-electron chi connectivity index (χ3n) is 4.51. The third kappa shape index (κ3) is 5.48. The maximum atomic E-state index is 12.6. The summed E-state index contributed by atoms with van der Waals surface area (Å²) in [6.45, 7) is 3.85. The number of carbonyl (C=O) groups is 1. The molecular formula is C18H28ClN3O. The van der Waals surface area contributed by atoms with Crippen LogP contribution in [0.1, 0.15) is 29.6 Å². The van der Waals surface area contributed by atoms with Crippen LogP contribution >= 0.6 is 11.6 Å². The van der Waals surface area contributed by atoms with Gasteiger partial charge in [-0.25, -0.2) is 0 Å². The van der Waals surface area contributed by atoms with E-state index >= 15 is 0 Å². The Hall–Kier alpha value is -1.10. The zero-order valence-corrected chi connectivity index (χ0v) is 15.2. The van der Waals surface area contributed by atoms with Crippen molar-refractivity contribution in [3.05, 3.63) is 34.9 Å². The van der Waals surface area contributed by atoms with E-state index in [1.165, 1.54) is 6.42 Å². The number of hydrogen-bond acceptors (Lipinski definition) is 3. The summed E-state index contributed by atoms with van der Waals surface area (Å²) in [6, 6.07) is 7.65. The molecule has 0 aromatic heterocycles. The van der Waals surface area contributed by atoms with Gasteiger partial charge in [-0.15, -0.1) is 0 Å². The average molecular weight is 338 g/mol. The summed E-state index contributed by atoms with van der Waals surface area (Å²) in [5, 5.41) is 0.665. The second kappa shape index (κ2) is 8.67. The highest BCUT2D eigenvalue weighted by Crippen LogP contribution is 2.18. The standard InChI is InChI=1S/C18H28ClN3O/c1-20(2)11-5-12-21(3)17-6-4-13-22(14-17)18(23)15-7-9-16(19)10-8-15/h7-10,17H,4-6,11-14H2,1-3H3/t17-/m1/s1. The predicted molar refractivity (Wildman–Crippen MR) is 96.2 cm³/mol. The van der Waals surface area contributed by atoms with E-state index in [0.717, 1.165) is 44.6 Å². The number of likely N-dealkylation sites (tertiary alicyclic amines) is 1. The summed E-state index contributed by atoms with van der Waals surface area (Å²) in [6.07, 6.45) is 3.40. The van der Waals surface area contributed by atoms with E-state index in [2.05, 4.69) is 30.9 Å². The number of hydrogen-bond donors (Lipinski definition) is 0. The summed E-state index contributed by atoms with van der Waals surface area (Å²) in [5.74, 6) is 0.119. The Morgan fingerprint density at radius 3 is 2.57 bits per heavy atom. The Bertz CT molecular complexity index is 503. The summed E-state index contributed by atoms with van der Waals surface area (Å²) in [7, 11) is 6.39. The second-order valence-corrected chi connectivity index (χ2v) is 7.13. The summed E-state index contributed by atoms with van der Waals surface area (Å²) >= 11 is 5.90. The number of halogens is 1. The fourth-order valence-corrected chi connectivity index (χ4v) is 3.22. The second-order valence-electron chi connectivity index (χ2n) is 6.69. The van der Waals surface area contributed by atoms with Gasteiger partial charge < -0.3 is 14.7 Å².